The molecule has 7 heteroatoms. The molecule has 2 aliphatic rings. The molecule has 1 amide bonds. The molecule has 4 rings (SSSR count). The van der Waals surface area contributed by atoms with Crippen LogP contribution in [0.15, 0.2) is 35.1 Å². The van der Waals surface area contributed by atoms with Crippen LogP contribution in [0.5, 0.6) is 0 Å². The molecule has 2 N–H and O–H groups in total. The Labute approximate surface area is 152 Å². The summed E-state index contributed by atoms with van der Waals surface area (Å²) in [5.41, 5.74) is 0.707. The molecule has 1 unspecified atom stereocenters. The number of nitrogens with one attached hydrogen (secondary N) is 2. The van der Waals surface area contributed by atoms with E-state index in [1.807, 2.05) is 29.2 Å². The van der Waals surface area contributed by atoms with Crippen LogP contribution in [0.3, 0.4) is 0 Å². The van der Waals surface area contributed by atoms with Crippen LogP contribution in [0.25, 0.3) is 10.9 Å². The largest absolute Gasteiger partial charge is 0.337 e. The van der Waals surface area contributed by atoms with Crippen LogP contribution in [0.1, 0.15) is 16.8 Å². The third kappa shape index (κ3) is 3.56. The van der Waals surface area contributed by atoms with Crippen molar-refractivity contribution in [3.05, 3.63) is 46.2 Å². The van der Waals surface area contributed by atoms with Gasteiger partial charge in [0.1, 0.15) is 5.56 Å². The summed E-state index contributed by atoms with van der Waals surface area (Å²) < 4.78 is 0. The van der Waals surface area contributed by atoms with Crippen molar-refractivity contribution in [2.24, 2.45) is 0 Å². The number of carbonyl (C=O) groups excluding carboxylic acids is 1. The van der Waals surface area contributed by atoms with Crippen molar-refractivity contribution in [1.29, 1.82) is 0 Å². The number of piperazine rings is 1. The van der Waals surface area contributed by atoms with E-state index in [-0.39, 0.29) is 29.4 Å². The summed E-state index contributed by atoms with van der Waals surface area (Å²) in [4.78, 5) is 32.2. The predicted octanol–water partition coefficient (Wildman–Crippen LogP) is 1.07. The molecule has 0 radical (unpaired) electrons. The maximum absolute atomic E-state index is 12.8. The van der Waals surface area contributed by atoms with Crippen LogP contribution in [-0.4, -0.2) is 66.0 Å². The molecule has 2 aromatic rings. The third-order valence-corrected chi connectivity index (χ3v) is 5.10. The number of hydrogen-bond donors (Lipinski definition) is 2. The first-order valence-corrected chi connectivity index (χ1v) is 8.58. The Balaban J connectivity index is 0.00000182. The molecule has 1 aromatic carbocycles. The predicted molar refractivity (Wildman–Crippen MR) is 101 cm³/mol. The van der Waals surface area contributed by atoms with Crippen LogP contribution < -0.4 is 10.9 Å². The zero-order valence-corrected chi connectivity index (χ0v) is 14.8. The number of carbonyl (C=O) groups is 1. The van der Waals surface area contributed by atoms with Gasteiger partial charge in [-0.3, -0.25) is 14.5 Å². The van der Waals surface area contributed by atoms with Gasteiger partial charge in [-0.1, -0.05) is 18.2 Å². The van der Waals surface area contributed by atoms with Crippen molar-refractivity contribution in [3.8, 4) is 0 Å². The molecule has 0 aliphatic carbocycles. The van der Waals surface area contributed by atoms with Crippen molar-refractivity contribution in [2.75, 3.05) is 39.3 Å². The van der Waals surface area contributed by atoms with Crippen molar-refractivity contribution in [1.82, 2.24) is 20.1 Å². The minimum Gasteiger partial charge on any atom is -0.337 e. The fraction of sp³-hybridized carbons (Fsp3) is 0.444. The molecular weight excluding hydrogens is 340 g/mol. The molecule has 134 valence electrons. The van der Waals surface area contributed by atoms with Gasteiger partial charge in [0.2, 0.25) is 0 Å². The number of amides is 1. The van der Waals surface area contributed by atoms with E-state index in [0.717, 1.165) is 50.0 Å². The number of H-pyrrole nitrogens is 1. The Hall–Kier alpha value is -1.89. The Kier molecular flexibility index (Phi) is 5.42. The van der Waals surface area contributed by atoms with E-state index in [2.05, 4.69) is 15.2 Å². The molecule has 2 saturated heterocycles. The number of fused-ring (bicyclic) bond motifs is 1. The normalized spacial score (nSPS) is 21.3. The summed E-state index contributed by atoms with van der Waals surface area (Å²) in [6, 6.07) is 9.67. The Morgan fingerprint density at radius 3 is 2.68 bits per heavy atom. The summed E-state index contributed by atoms with van der Waals surface area (Å²) in [6.07, 6.45) is 0.983. The summed E-state index contributed by atoms with van der Waals surface area (Å²) in [6.45, 7) is 5.51. The average Bonchev–Trinajstić information content (AvgIpc) is 3.11. The fourth-order valence-corrected chi connectivity index (χ4v) is 3.75. The molecule has 6 nitrogen and oxygen atoms in total. The molecule has 0 saturated carbocycles. The number of benzene rings is 1. The first-order chi connectivity index (χ1) is 11.7. The standard InChI is InChI=1S/C18H22N4O2.ClH/c23-17-15(11-13-3-1-2-4-16(13)20-17)18(24)22-8-5-14(12-22)21-9-6-19-7-10-21;/h1-4,11,14,19H,5-10,12H2,(H,20,23);1H. The minimum absolute atomic E-state index is 0. The summed E-state index contributed by atoms with van der Waals surface area (Å²) in [5, 5.41) is 4.24. The highest BCUT2D eigenvalue weighted by Gasteiger charge is 2.32. The molecule has 3 heterocycles. The molecule has 1 aromatic heterocycles. The highest BCUT2D eigenvalue weighted by Crippen LogP contribution is 2.19. The van der Waals surface area contributed by atoms with E-state index in [1.54, 1.807) is 6.07 Å². The number of para-hydroxylation sites is 1. The SMILES string of the molecule is Cl.O=C(c1cc2ccccc2[nH]c1=O)N1CCC(N2CCNCC2)C1. The summed E-state index contributed by atoms with van der Waals surface area (Å²) >= 11 is 0. The van der Waals surface area contributed by atoms with Gasteiger partial charge >= 0.3 is 0 Å². The second-order valence-electron chi connectivity index (χ2n) is 6.58. The Morgan fingerprint density at radius 2 is 1.88 bits per heavy atom. The van der Waals surface area contributed by atoms with Gasteiger partial charge in [0.25, 0.3) is 11.5 Å². The van der Waals surface area contributed by atoms with Gasteiger partial charge in [-0.2, -0.15) is 0 Å². The smallest absolute Gasteiger partial charge is 0.261 e. The highest BCUT2D eigenvalue weighted by molar-refractivity contribution is 5.97. The van der Waals surface area contributed by atoms with E-state index in [4.69, 9.17) is 0 Å². The first-order valence-electron chi connectivity index (χ1n) is 8.58. The van der Waals surface area contributed by atoms with Crippen molar-refractivity contribution in [2.45, 2.75) is 12.5 Å². The van der Waals surface area contributed by atoms with E-state index >= 15 is 0 Å². The molecule has 0 spiro atoms. The molecular formula is C18H23ClN4O2. The van der Waals surface area contributed by atoms with Gasteiger partial charge in [-0.05, 0) is 23.9 Å². The summed E-state index contributed by atoms with van der Waals surface area (Å²) in [5.74, 6) is -0.153. The molecule has 25 heavy (non-hydrogen) atoms. The van der Waals surface area contributed by atoms with Crippen LogP contribution in [0, 0.1) is 0 Å². The second-order valence-corrected chi connectivity index (χ2v) is 6.58. The number of aromatic amines is 1. The van der Waals surface area contributed by atoms with Gasteiger partial charge in [0.15, 0.2) is 0 Å². The van der Waals surface area contributed by atoms with Crippen LogP contribution in [0.4, 0.5) is 0 Å². The van der Waals surface area contributed by atoms with E-state index < -0.39 is 0 Å². The van der Waals surface area contributed by atoms with Crippen LogP contribution in [0.2, 0.25) is 0 Å². The maximum atomic E-state index is 12.8. The lowest BCUT2D eigenvalue weighted by Gasteiger charge is -2.32. The van der Waals surface area contributed by atoms with E-state index in [0.29, 0.717) is 12.6 Å². The van der Waals surface area contributed by atoms with Gasteiger partial charge in [-0.15, -0.1) is 12.4 Å². The maximum Gasteiger partial charge on any atom is 0.261 e. The number of likely N-dealkylation sites (tertiary alicyclic amines) is 1. The van der Waals surface area contributed by atoms with Crippen molar-refractivity contribution in [3.63, 3.8) is 0 Å². The minimum atomic E-state index is -0.302. The van der Waals surface area contributed by atoms with Gasteiger partial charge in [-0.25, -0.2) is 0 Å². The highest BCUT2D eigenvalue weighted by atomic mass is 35.5. The number of pyridine rings is 1. The van der Waals surface area contributed by atoms with Crippen molar-refractivity contribution >= 4 is 29.2 Å². The number of rotatable bonds is 2. The van der Waals surface area contributed by atoms with Crippen LogP contribution in [-0.2, 0) is 0 Å². The zero-order chi connectivity index (χ0) is 16.5. The number of aromatic nitrogens is 1. The number of halogens is 1. The lowest BCUT2D eigenvalue weighted by atomic mass is 10.1. The first kappa shape index (κ1) is 17.9. The van der Waals surface area contributed by atoms with Gasteiger partial charge in [0.05, 0.1) is 0 Å². The molecule has 2 aliphatic heterocycles. The average molecular weight is 363 g/mol. The number of hydrogen-bond acceptors (Lipinski definition) is 4. The lowest BCUT2D eigenvalue weighted by molar-refractivity contribution is 0.0772. The molecule has 1 atom stereocenters. The molecule has 2 fully saturated rings. The van der Waals surface area contributed by atoms with Crippen molar-refractivity contribution < 1.29 is 4.79 Å². The summed E-state index contributed by atoms with van der Waals surface area (Å²) in [7, 11) is 0. The van der Waals surface area contributed by atoms with Gasteiger partial charge in [0, 0.05) is 50.8 Å². The monoisotopic (exact) mass is 362 g/mol. The van der Waals surface area contributed by atoms with E-state index in [1.165, 1.54) is 0 Å². The Morgan fingerprint density at radius 1 is 1.12 bits per heavy atom. The Bertz CT molecular complexity index is 816. The zero-order valence-electron chi connectivity index (χ0n) is 14.0. The second kappa shape index (κ2) is 7.56. The topological polar surface area (TPSA) is 68.4 Å². The fourth-order valence-electron chi connectivity index (χ4n) is 3.75. The van der Waals surface area contributed by atoms with Gasteiger partial charge < -0.3 is 15.2 Å². The van der Waals surface area contributed by atoms with Crippen LogP contribution >= 0.6 is 12.4 Å². The quantitative estimate of drug-likeness (QED) is 0.838. The lowest BCUT2D eigenvalue weighted by Crippen LogP contribution is -2.49. The van der Waals surface area contributed by atoms with E-state index in [9.17, 15) is 9.59 Å². The number of nitrogens with zero attached hydrogens (tertiary/aromatic N) is 2. The molecule has 0 bridgehead atoms. The third-order valence-electron chi connectivity index (χ3n) is 5.10.